The van der Waals surface area contributed by atoms with Crippen LogP contribution in [0, 0.1) is 10.8 Å². The summed E-state index contributed by atoms with van der Waals surface area (Å²) in [6.45, 7) is 0.326. The third kappa shape index (κ3) is 13.9. The van der Waals surface area contributed by atoms with Crippen LogP contribution < -0.4 is 38.9 Å². The highest BCUT2D eigenvalue weighted by molar-refractivity contribution is 5.95. The van der Waals surface area contributed by atoms with Crippen molar-refractivity contribution in [2.75, 3.05) is 12.3 Å². The number of amides is 3. The minimum Gasteiger partial charge on any atom is -0.475 e. The average molecular weight is 700 g/mol. The number of guanidine groups is 1. The predicted octanol–water partition coefficient (Wildman–Crippen LogP) is 1.47. The highest BCUT2D eigenvalue weighted by Crippen LogP contribution is 2.23. The molecule has 0 aliphatic carbocycles. The number of rotatable bonds is 15. The molecule has 14 N–H and O–H groups in total. The topological polar surface area (TPSA) is 276 Å². The van der Waals surface area contributed by atoms with Gasteiger partial charge in [0.15, 0.2) is 5.96 Å². The molecule has 0 saturated heterocycles. The van der Waals surface area contributed by atoms with Crippen LogP contribution in [-0.4, -0.2) is 65.4 Å². The van der Waals surface area contributed by atoms with E-state index in [1.807, 2.05) is 42.5 Å². The Kier molecular flexibility index (Phi) is 15.2. The SMILES string of the molecule is N=C(N)NCCCC(NC(=O)[C@H](Cc1ccc(N)cc1)NC(=O)[C@@H](Cc1ccc(C(=N)N)cc1)c1ccccc1)C(N)=O.O=C(O)C(F)(F)F. The average Bonchev–Trinajstić information content (AvgIpc) is 3.05. The summed E-state index contributed by atoms with van der Waals surface area (Å²) in [6.07, 6.45) is -3.98. The van der Waals surface area contributed by atoms with Crippen LogP contribution in [0.15, 0.2) is 78.9 Å². The van der Waals surface area contributed by atoms with Crippen LogP contribution in [0.2, 0.25) is 0 Å². The number of anilines is 1. The fraction of sp³-hybridized carbons (Fsp3) is 0.273. The fourth-order valence-corrected chi connectivity index (χ4v) is 4.56. The number of carbonyl (C=O) groups is 4. The summed E-state index contributed by atoms with van der Waals surface area (Å²) in [5, 5.41) is 30.3. The molecule has 14 nitrogen and oxygen atoms in total. The Morgan fingerprint density at radius 2 is 1.28 bits per heavy atom. The van der Waals surface area contributed by atoms with E-state index in [1.54, 1.807) is 36.4 Å². The maximum atomic E-state index is 13.9. The minimum absolute atomic E-state index is 0.0511. The maximum absolute atomic E-state index is 13.9. The summed E-state index contributed by atoms with van der Waals surface area (Å²) in [5.74, 6) is -5.31. The molecule has 0 spiro atoms. The molecular formula is C33H40F3N9O5. The zero-order valence-corrected chi connectivity index (χ0v) is 26.8. The lowest BCUT2D eigenvalue weighted by molar-refractivity contribution is -0.192. The van der Waals surface area contributed by atoms with Gasteiger partial charge in [-0.3, -0.25) is 25.2 Å². The van der Waals surface area contributed by atoms with Crippen LogP contribution in [0.4, 0.5) is 18.9 Å². The quantitative estimate of drug-likeness (QED) is 0.0475. The normalized spacial score (nSPS) is 12.5. The molecule has 3 amide bonds. The number of benzene rings is 3. The molecule has 0 fully saturated rings. The second-order valence-electron chi connectivity index (χ2n) is 11.0. The van der Waals surface area contributed by atoms with Gasteiger partial charge >= 0.3 is 12.1 Å². The summed E-state index contributed by atoms with van der Waals surface area (Å²) in [4.78, 5) is 48.5. The first-order chi connectivity index (χ1) is 23.5. The zero-order chi connectivity index (χ0) is 37.4. The van der Waals surface area contributed by atoms with E-state index in [9.17, 15) is 27.6 Å². The lowest BCUT2D eigenvalue weighted by Gasteiger charge is -2.25. The molecule has 268 valence electrons. The van der Waals surface area contributed by atoms with E-state index >= 15 is 0 Å². The summed E-state index contributed by atoms with van der Waals surface area (Å²) in [7, 11) is 0. The van der Waals surface area contributed by atoms with Crippen molar-refractivity contribution in [3.05, 3.63) is 101 Å². The van der Waals surface area contributed by atoms with Crippen LogP contribution in [-0.2, 0) is 32.0 Å². The van der Waals surface area contributed by atoms with Crippen molar-refractivity contribution in [3.8, 4) is 0 Å². The van der Waals surface area contributed by atoms with Crippen LogP contribution >= 0.6 is 0 Å². The van der Waals surface area contributed by atoms with E-state index in [4.69, 9.17) is 43.7 Å². The van der Waals surface area contributed by atoms with Crippen molar-refractivity contribution in [1.82, 2.24) is 16.0 Å². The number of alkyl halides is 3. The fourth-order valence-electron chi connectivity index (χ4n) is 4.56. The number of hydrogen-bond acceptors (Lipinski definition) is 7. The number of nitrogen functional groups attached to an aromatic ring is 2. The molecule has 0 aliphatic heterocycles. The monoisotopic (exact) mass is 699 g/mol. The third-order valence-electron chi connectivity index (χ3n) is 7.16. The van der Waals surface area contributed by atoms with E-state index in [1.165, 1.54) is 0 Å². The summed E-state index contributed by atoms with van der Waals surface area (Å²) in [6, 6.07) is 21.3. The first-order valence-electron chi connectivity index (χ1n) is 15.1. The second-order valence-corrected chi connectivity index (χ2v) is 11.0. The van der Waals surface area contributed by atoms with Gasteiger partial charge in [0.25, 0.3) is 0 Å². The van der Waals surface area contributed by atoms with Crippen molar-refractivity contribution < 1.29 is 37.5 Å². The largest absolute Gasteiger partial charge is 0.490 e. The van der Waals surface area contributed by atoms with E-state index in [-0.39, 0.29) is 30.5 Å². The molecule has 3 aromatic carbocycles. The molecule has 3 aromatic rings. The molecular weight excluding hydrogens is 659 g/mol. The standard InChI is InChI=1S/C31H39N9O3.C2HF3O2/c32-23-14-10-20(11-15-23)18-26(30(43)39-25(28(35)41)7-4-16-38-31(36)37)40-29(42)24(21-5-2-1-3-6-21)17-19-8-12-22(13-9-19)27(33)34;3-2(4,5)1(6)7/h1-3,5-6,8-15,24-26H,4,7,16-18,32H2,(H3,33,34)(H2,35,41)(H,39,43)(H,40,42)(H4,36,37,38);(H,6,7)/t24-,25?,26-;/m0./s1. The molecule has 0 radical (unpaired) electrons. The van der Waals surface area contributed by atoms with Crippen molar-refractivity contribution in [3.63, 3.8) is 0 Å². The van der Waals surface area contributed by atoms with E-state index in [0.29, 0.717) is 30.6 Å². The van der Waals surface area contributed by atoms with Crippen molar-refractivity contribution in [2.45, 2.75) is 49.9 Å². The molecule has 3 atom stereocenters. The van der Waals surface area contributed by atoms with Crippen molar-refractivity contribution >= 4 is 41.2 Å². The molecule has 1 unspecified atom stereocenters. The summed E-state index contributed by atoms with van der Waals surface area (Å²) >= 11 is 0. The van der Waals surface area contributed by atoms with Crippen LogP contribution in [0.3, 0.4) is 0 Å². The van der Waals surface area contributed by atoms with Gasteiger partial charge in [0, 0.05) is 24.2 Å². The molecule has 0 heterocycles. The van der Waals surface area contributed by atoms with Gasteiger partial charge in [-0.2, -0.15) is 13.2 Å². The van der Waals surface area contributed by atoms with Crippen LogP contribution in [0.25, 0.3) is 0 Å². The number of aliphatic carboxylic acids is 1. The predicted molar refractivity (Wildman–Crippen MR) is 181 cm³/mol. The Morgan fingerprint density at radius 3 is 1.78 bits per heavy atom. The van der Waals surface area contributed by atoms with Gasteiger partial charge in [0.1, 0.15) is 17.9 Å². The zero-order valence-electron chi connectivity index (χ0n) is 26.8. The maximum Gasteiger partial charge on any atom is 0.490 e. The number of carboxylic acid groups (broad SMARTS) is 1. The number of hydrogen-bond donors (Lipinski definition) is 10. The molecule has 17 heteroatoms. The number of amidine groups is 1. The number of carboxylic acids is 1. The number of carbonyl (C=O) groups excluding carboxylic acids is 3. The van der Waals surface area contributed by atoms with E-state index < -0.39 is 42.0 Å². The van der Waals surface area contributed by atoms with Crippen LogP contribution in [0.1, 0.15) is 41.0 Å². The lowest BCUT2D eigenvalue weighted by Crippen LogP contribution is -2.54. The van der Waals surface area contributed by atoms with E-state index in [2.05, 4.69) is 16.0 Å². The summed E-state index contributed by atoms with van der Waals surface area (Å²) < 4.78 is 31.7. The molecule has 0 saturated carbocycles. The highest BCUT2D eigenvalue weighted by Gasteiger charge is 2.38. The van der Waals surface area contributed by atoms with Gasteiger partial charge in [0.2, 0.25) is 17.7 Å². The number of primary amides is 1. The van der Waals surface area contributed by atoms with Gasteiger partial charge < -0.3 is 44.0 Å². The molecule has 50 heavy (non-hydrogen) atoms. The van der Waals surface area contributed by atoms with Gasteiger partial charge in [-0.05, 0) is 48.1 Å². The molecule has 0 aromatic heterocycles. The van der Waals surface area contributed by atoms with Gasteiger partial charge in [-0.15, -0.1) is 0 Å². The molecule has 0 aliphatic rings. The van der Waals surface area contributed by atoms with E-state index in [0.717, 1.165) is 16.7 Å². The van der Waals surface area contributed by atoms with Gasteiger partial charge in [0.05, 0.1) is 5.92 Å². The molecule has 0 bridgehead atoms. The Hall–Kier alpha value is -6.13. The first-order valence-corrected chi connectivity index (χ1v) is 15.1. The smallest absolute Gasteiger partial charge is 0.475 e. The Balaban J connectivity index is 0.00000112. The molecule has 3 rings (SSSR count). The van der Waals surface area contributed by atoms with Gasteiger partial charge in [-0.25, -0.2) is 4.79 Å². The number of nitrogens with two attached hydrogens (primary N) is 4. The minimum atomic E-state index is -5.08. The number of nitrogens with one attached hydrogen (secondary N) is 5. The third-order valence-corrected chi connectivity index (χ3v) is 7.16. The van der Waals surface area contributed by atoms with Crippen molar-refractivity contribution in [1.29, 1.82) is 10.8 Å². The van der Waals surface area contributed by atoms with Crippen molar-refractivity contribution in [2.24, 2.45) is 17.2 Å². The summed E-state index contributed by atoms with van der Waals surface area (Å²) in [5.41, 5.74) is 25.8. The Labute approximate surface area is 285 Å². The first kappa shape index (κ1) is 40.0. The Morgan fingerprint density at radius 1 is 0.760 bits per heavy atom. The lowest BCUT2D eigenvalue weighted by atomic mass is 9.90. The highest BCUT2D eigenvalue weighted by atomic mass is 19.4. The Bertz CT molecular complexity index is 1620. The van der Waals surface area contributed by atoms with Gasteiger partial charge in [-0.1, -0.05) is 66.7 Å². The van der Waals surface area contributed by atoms with Crippen LogP contribution in [0.5, 0.6) is 0 Å². The number of halogens is 3. The second kappa shape index (κ2) is 19.0.